The summed E-state index contributed by atoms with van der Waals surface area (Å²) in [5.41, 5.74) is 2.08. The first-order valence-corrected chi connectivity index (χ1v) is 11.2. The van der Waals surface area contributed by atoms with Crippen LogP contribution in [0.25, 0.3) is 0 Å². The highest BCUT2D eigenvalue weighted by molar-refractivity contribution is 5.76. The molecule has 1 amide bonds. The fourth-order valence-corrected chi connectivity index (χ4v) is 3.97. The SMILES string of the molecule is COc1ccc(N2CCN(C(=O)Cn3cc(OCc4ccccc4)c(=O)cc3CO)CC2)cc1. The molecule has 0 unspecified atom stereocenters. The van der Waals surface area contributed by atoms with Crippen LogP contribution in [-0.2, 0) is 24.6 Å². The number of hydrogen-bond acceptors (Lipinski definition) is 6. The monoisotopic (exact) mass is 463 g/mol. The van der Waals surface area contributed by atoms with Gasteiger partial charge >= 0.3 is 0 Å². The number of carbonyl (C=O) groups excluding carboxylic acids is 1. The molecule has 0 bridgehead atoms. The van der Waals surface area contributed by atoms with E-state index in [2.05, 4.69) is 4.90 Å². The predicted octanol–water partition coefficient (Wildman–Crippen LogP) is 2.28. The lowest BCUT2D eigenvalue weighted by Gasteiger charge is -2.36. The van der Waals surface area contributed by atoms with Crippen molar-refractivity contribution < 1.29 is 19.4 Å². The Morgan fingerprint density at radius 2 is 1.71 bits per heavy atom. The molecule has 2 aromatic carbocycles. The fourth-order valence-electron chi connectivity index (χ4n) is 3.97. The minimum atomic E-state index is -0.341. The Hall–Kier alpha value is -3.78. The second-order valence-electron chi connectivity index (χ2n) is 8.12. The molecule has 0 aliphatic carbocycles. The predicted molar refractivity (Wildman–Crippen MR) is 129 cm³/mol. The number of nitrogens with zero attached hydrogens (tertiary/aromatic N) is 3. The summed E-state index contributed by atoms with van der Waals surface area (Å²) in [4.78, 5) is 29.5. The average Bonchev–Trinajstić information content (AvgIpc) is 2.89. The molecule has 8 heteroatoms. The Morgan fingerprint density at radius 1 is 1.00 bits per heavy atom. The highest BCUT2D eigenvalue weighted by atomic mass is 16.5. The van der Waals surface area contributed by atoms with Crippen molar-refractivity contribution in [3.05, 3.63) is 88.3 Å². The van der Waals surface area contributed by atoms with Crippen LogP contribution in [0.2, 0.25) is 0 Å². The number of aliphatic hydroxyl groups is 1. The number of pyridine rings is 1. The third kappa shape index (κ3) is 5.58. The highest BCUT2D eigenvalue weighted by Crippen LogP contribution is 2.21. The lowest BCUT2D eigenvalue weighted by molar-refractivity contribution is -0.132. The lowest BCUT2D eigenvalue weighted by Crippen LogP contribution is -2.49. The van der Waals surface area contributed by atoms with Gasteiger partial charge in [0.25, 0.3) is 0 Å². The molecule has 1 saturated heterocycles. The van der Waals surface area contributed by atoms with Crippen molar-refractivity contribution in [2.45, 2.75) is 19.8 Å². The van der Waals surface area contributed by atoms with Crippen molar-refractivity contribution in [1.82, 2.24) is 9.47 Å². The minimum absolute atomic E-state index is 0.0282. The quantitative estimate of drug-likeness (QED) is 0.552. The summed E-state index contributed by atoms with van der Waals surface area (Å²) >= 11 is 0. The van der Waals surface area contributed by atoms with Crippen molar-refractivity contribution in [2.75, 3.05) is 38.2 Å². The normalized spacial score (nSPS) is 13.6. The second kappa shape index (κ2) is 10.9. The summed E-state index contributed by atoms with van der Waals surface area (Å²) in [6.45, 7) is 2.57. The number of anilines is 1. The van der Waals surface area contributed by atoms with Crippen LogP contribution >= 0.6 is 0 Å². The van der Waals surface area contributed by atoms with Crippen LogP contribution in [0, 0.1) is 0 Å². The van der Waals surface area contributed by atoms with Gasteiger partial charge < -0.3 is 28.9 Å². The molecule has 4 rings (SSSR count). The molecule has 1 N–H and O–H groups in total. The Morgan fingerprint density at radius 3 is 2.35 bits per heavy atom. The molecule has 3 aromatic rings. The molecule has 1 aromatic heterocycles. The zero-order valence-electron chi connectivity index (χ0n) is 19.2. The Kier molecular flexibility index (Phi) is 7.49. The van der Waals surface area contributed by atoms with Gasteiger partial charge in [0, 0.05) is 43.6 Å². The number of aromatic nitrogens is 1. The van der Waals surface area contributed by atoms with Gasteiger partial charge in [0.05, 0.1) is 19.9 Å². The molecular weight excluding hydrogens is 434 g/mol. The van der Waals surface area contributed by atoms with Gasteiger partial charge in [0.1, 0.15) is 18.9 Å². The summed E-state index contributed by atoms with van der Waals surface area (Å²) in [6.07, 6.45) is 1.52. The standard InChI is InChI=1S/C26H29N3O5/c1-33-23-9-7-21(8-10-23)27-11-13-28(14-12-27)26(32)17-29-16-25(24(31)15-22(29)18-30)34-19-20-5-3-2-4-6-20/h2-10,15-16,30H,11-14,17-19H2,1H3. The van der Waals surface area contributed by atoms with E-state index < -0.39 is 0 Å². The van der Waals surface area contributed by atoms with Gasteiger partial charge in [0.2, 0.25) is 11.3 Å². The number of ether oxygens (including phenoxy) is 2. The van der Waals surface area contributed by atoms with E-state index >= 15 is 0 Å². The number of rotatable bonds is 8. The molecule has 1 fully saturated rings. The van der Waals surface area contributed by atoms with Gasteiger partial charge in [-0.2, -0.15) is 0 Å². The highest BCUT2D eigenvalue weighted by Gasteiger charge is 2.22. The first-order valence-electron chi connectivity index (χ1n) is 11.2. The maximum Gasteiger partial charge on any atom is 0.242 e. The molecule has 0 spiro atoms. The minimum Gasteiger partial charge on any atom is -0.497 e. The number of benzene rings is 2. The zero-order chi connectivity index (χ0) is 23.9. The molecule has 2 heterocycles. The maximum absolute atomic E-state index is 13.0. The molecule has 34 heavy (non-hydrogen) atoms. The van der Waals surface area contributed by atoms with Crippen molar-refractivity contribution >= 4 is 11.6 Å². The van der Waals surface area contributed by atoms with E-state index in [1.807, 2.05) is 59.5 Å². The number of methoxy groups -OCH3 is 1. The maximum atomic E-state index is 13.0. The van der Waals surface area contributed by atoms with Crippen LogP contribution in [0.1, 0.15) is 11.3 Å². The molecular formula is C26H29N3O5. The van der Waals surface area contributed by atoms with Gasteiger partial charge in [-0.05, 0) is 29.8 Å². The van der Waals surface area contributed by atoms with Crippen LogP contribution in [0.4, 0.5) is 5.69 Å². The van der Waals surface area contributed by atoms with Gasteiger partial charge in [-0.15, -0.1) is 0 Å². The number of aliphatic hydroxyl groups excluding tert-OH is 1. The number of hydrogen-bond donors (Lipinski definition) is 1. The summed E-state index contributed by atoms with van der Waals surface area (Å²) in [6, 6.07) is 18.8. The third-order valence-electron chi connectivity index (χ3n) is 5.96. The first kappa shape index (κ1) is 23.4. The molecule has 0 saturated carbocycles. The summed E-state index contributed by atoms with van der Waals surface area (Å²) in [7, 11) is 1.64. The van der Waals surface area contributed by atoms with Crippen molar-refractivity contribution in [1.29, 1.82) is 0 Å². The van der Waals surface area contributed by atoms with E-state index in [0.717, 1.165) is 30.1 Å². The average molecular weight is 464 g/mol. The number of carbonyl (C=O) groups is 1. The Labute approximate surface area is 198 Å². The largest absolute Gasteiger partial charge is 0.497 e. The van der Waals surface area contributed by atoms with Crippen LogP contribution < -0.4 is 19.8 Å². The summed E-state index contributed by atoms with van der Waals surface area (Å²) < 4.78 is 12.5. The van der Waals surface area contributed by atoms with Crippen LogP contribution in [-0.4, -0.2) is 53.8 Å². The third-order valence-corrected chi connectivity index (χ3v) is 5.96. The fraction of sp³-hybridized carbons (Fsp3) is 0.308. The topological polar surface area (TPSA) is 84.2 Å². The lowest BCUT2D eigenvalue weighted by atomic mass is 10.2. The second-order valence-corrected chi connectivity index (χ2v) is 8.12. The summed E-state index contributed by atoms with van der Waals surface area (Å²) in [5.74, 6) is 0.894. The van der Waals surface area contributed by atoms with E-state index in [0.29, 0.717) is 18.8 Å². The molecule has 1 aliphatic rings. The Bertz CT molecular complexity index is 1150. The van der Waals surface area contributed by atoms with Crippen molar-refractivity contribution in [2.24, 2.45) is 0 Å². The number of piperazine rings is 1. The van der Waals surface area contributed by atoms with E-state index in [4.69, 9.17) is 9.47 Å². The van der Waals surface area contributed by atoms with E-state index in [-0.39, 0.29) is 36.8 Å². The first-order chi connectivity index (χ1) is 16.6. The van der Waals surface area contributed by atoms with Gasteiger partial charge in [0.15, 0.2) is 5.75 Å². The van der Waals surface area contributed by atoms with Gasteiger partial charge in [-0.25, -0.2) is 0 Å². The Balaban J connectivity index is 1.39. The van der Waals surface area contributed by atoms with Gasteiger partial charge in [-0.3, -0.25) is 9.59 Å². The van der Waals surface area contributed by atoms with Gasteiger partial charge in [-0.1, -0.05) is 30.3 Å². The number of amides is 1. The van der Waals surface area contributed by atoms with Crippen molar-refractivity contribution in [3.8, 4) is 11.5 Å². The smallest absolute Gasteiger partial charge is 0.242 e. The van der Waals surface area contributed by atoms with Crippen LogP contribution in [0.15, 0.2) is 71.7 Å². The van der Waals surface area contributed by atoms with E-state index in [1.54, 1.807) is 11.7 Å². The summed E-state index contributed by atoms with van der Waals surface area (Å²) in [5, 5.41) is 9.72. The van der Waals surface area contributed by atoms with E-state index in [9.17, 15) is 14.7 Å². The van der Waals surface area contributed by atoms with Crippen molar-refractivity contribution in [3.63, 3.8) is 0 Å². The van der Waals surface area contributed by atoms with E-state index in [1.165, 1.54) is 12.3 Å². The zero-order valence-corrected chi connectivity index (χ0v) is 19.2. The van der Waals surface area contributed by atoms with Crippen LogP contribution in [0.3, 0.4) is 0 Å². The molecule has 1 aliphatic heterocycles. The van der Waals surface area contributed by atoms with Crippen LogP contribution in [0.5, 0.6) is 11.5 Å². The molecule has 178 valence electrons. The molecule has 8 nitrogen and oxygen atoms in total. The molecule has 0 radical (unpaired) electrons. The molecule has 0 atom stereocenters.